The molecule has 1 rings (SSSR count). The maximum Gasteiger partial charge on any atom is 0.126 e. The molecule has 0 N–H and O–H groups in total. The number of rotatable bonds is 4. The number of carbonyl (C=O) groups is 1. The molecule has 0 aromatic heterocycles. The van der Waals surface area contributed by atoms with Gasteiger partial charge >= 0.3 is 0 Å². The quantitative estimate of drug-likeness (QED) is 0.685. The van der Waals surface area contributed by atoms with Crippen molar-refractivity contribution in [3.63, 3.8) is 0 Å². The highest BCUT2D eigenvalue weighted by Gasteiger charge is 2.26. The highest BCUT2D eigenvalue weighted by atomic mass is 16.1. The third kappa shape index (κ3) is 2.68. The number of benzene rings is 1. The lowest BCUT2D eigenvalue weighted by Crippen LogP contribution is -2.21. The van der Waals surface area contributed by atoms with E-state index < -0.39 is 0 Å². The molecule has 0 aliphatic rings. The first-order valence-electron chi connectivity index (χ1n) is 5.56. The van der Waals surface area contributed by atoms with Crippen LogP contribution in [0.25, 0.3) is 0 Å². The Balaban J connectivity index is 2.92. The first kappa shape index (κ1) is 12.0. The molecule has 0 heterocycles. The van der Waals surface area contributed by atoms with Crippen LogP contribution in [-0.2, 0) is 11.2 Å². The summed E-state index contributed by atoms with van der Waals surface area (Å²) in [7, 11) is 0. The van der Waals surface area contributed by atoms with Crippen LogP contribution in [0, 0.1) is 5.41 Å². The molecule has 0 bridgehead atoms. The molecule has 0 fully saturated rings. The lowest BCUT2D eigenvalue weighted by Gasteiger charge is -2.26. The van der Waals surface area contributed by atoms with E-state index in [1.54, 1.807) is 0 Å². The first-order valence-corrected chi connectivity index (χ1v) is 5.56. The fourth-order valence-corrected chi connectivity index (χ4v) is 1.57. The summed E-state index contributed by atoms with van der Waals surface area (Å²) in [5.74, 6) is 0.265. The Morgan fingerprint density at radius 3 is 2.20 bits per heavy atom. The van der Waals surface area contributed by atoms with Crippen molar-refractivity contribution in [3.05, 3.63) is 35.4 Å². The monoisotopic (exact) mass is 204 g/mol. The Bertz CT molecular complexity index is 322. The molecule has 1 aromatic carbocycles. The van der Waals surface area contributed by atoms with Gasteiger partial charge in [-0.05, 0) is 23.5 Å². The molecule has 82 valence electrons. The number of hydrogen-bond donors (Lipinski definition) is 0. The summed E-state index contributed by atoms with van der Waals surface area (Å²) in [4.78, 5) is 11.0. The number of carbonyl (C=O) groups excluding carboxylic acids is 1. The summed E-state index contributed by atoms with van der Waals surface area (Å²) in [5, 5.41) is 0. The molecule has 1 atom stereocenters. The first-order chi connectivity index (χ1) is 7.01. The van der Waals surface area contributed by atoms with Crippen LogP contribution in [0.3, 0.4) is 0 Å². The van der Waals surface area contributed by atoms with Crippen LogP contribution in [0.15, 0.2) is 24.3 Å². The second-order valence-electron chi connectivity index (χ2n) is 4.76. The van der Waals surface area contributed by atoms with Gasteiger partial charge in [0, 0.05) is 5.41 Å². The van der Waals surface area contributed by atoms with E-state index in [1.807, 2.05) is 13.8 Å². The van der Waals surface area contributed by atoms with Crippen molar-refractivity contribution in [1.29, 1.82) is 0 Å². The molecule has 15 heavy (non-hydrogen) atoms. The zero-order chi connectivity index (χ0) is 11.5. The summed E-state index contributed by atoms with van der Waals surface area (Å²) >= 11 is 0. The molecule has 0 spiro atoms. The summed E-state index contributed by atoms with van der Waals surface area (Å²) < 4.78 is 0. The molecular weight excluding hydrogens is 184 g/mol. The predicted octanol–water partition coefficient (Wildman–Crippen LogP) is 3.58. The fourth-order valence-electron chi connectivity index (χ4n) is 1.57. The van der Waals surface area contributed by atoms with E-state index in [1.165, 1.54) is 11.1 Å². The van der Waals surface area contributed by atoms with Crippen LogP contribution in [0.5, 0.6) is 0 Å². The van der Waals surface area contributed by atoms with Gasteiger partial charge in [-0.3, -0.25) is 0 Å². The second kappa shape index (κ2) is 4.61. The molecule has 0 saturated heterocycles. The number of aryl methyl sites for hydroxylation is 1. The van der Waals surface area contributed by atoms with Crippen LogP contribution < -0.4 is 0 Å². The van der Waals surface area contributed by atoms with Gasteiger partial charge in [-0.25, -0.2) is 0 Å². The maximum absolute atomic E-state index is 11.0. The van der Waals surface area contributed by atoms with Gasteiger partial charge in [0.05, 0.1) is 0 Å². The fraction of sp³-hybridized carbons (Fsp3) is 0.500. The van der Waals surface area contributed by atoms with Crippen molar-refractivity contribution in [2.75, 3.05) is 0 Å². The lowest BCUT2D eigenvalue weighted by atomic mass is 9.77. The number of aldehydes is 1. The second-order valence-corrected chi connectivity index (χ2v) is 4.76. The van der Waals surface area contributed by atoms with Gasteiger partial charge in [-0.15, -0.1) is 0 Å². The van der Waals surface area contributed by atoms with Crippen molar-refractivity contribution in [1.82, 2.24) is 0 Å². The predicted molar refractivity (Wildman–Crippen MR) is 64.1 cm³/mol. The van der Waals surface area contributed by atoms with Gasteiger partial charge in [-0.2, -0.15) is 0 Å². The van der Waals surface area contributed by atoms with Gasteiger partial charge < -0.3 is 4.79 Å². The summed E-state index contributed by atoms with van der Waals surface area (Å²) in [5.41, 5.74) is 2.30. The highest BCUT2D eigenvalue weighted by molar-refractivity contribution is 5.60. The topological polar surface area (TPSA) is 17.1 Å². The van der Waals surface area contributed by atoms with Gasteiger partial charge in [0.1, 0.15) is 6.29 Å². The minimum Gasteiger partial charge on any atom is -0.303 e. The van der Waals surface area contributed by atoms with Gasteiger partial charge in [-0.1, -0.05) is 52.0 Å². The van der Waals surface area contributed by atoms with E-state index in [4.69, 9.17) is 0 Å². The summed E-state index contributed by atoms with van der Waals surface area (Å²) in [6.45, 7) is 8.22. The largest absolute Gasteiger partial charge is 0.303 e. The molecule has 0 amide bonds. The van der Waals surface area contributed by atoms with Crippen molar-refractivity contribution in [2.45, 2.75) is 40.0 Å². The normalized spacial score (nSPS) is 13.6. The van der Waals surface area contributed by atoms with Crippen molar-refractivity contribution < 1.29 is 4.79 Å². The lowest BCUT2D eigenvalue weighted by molar-refractivity contribution is -0.115. The van der Waals surface area contributed by atoms with Gasteiger partial charge in [0.25, 0.3) is 0 Å². The Hall–Kier alpha value is -1.11. The van der Waals surface area contributed by atoms with E-state index in [-0.39, 0.29) is 11.3 Å². The van der Waals surface area contributed by atoms with Crippen molar-refractivity contribution in [2.24, 2.45) is 5.41 Å². The van der Waals surface area contributed by atoms with Crippen LogP contribution in [0.2, 0.25) is 0 Å². The van der Waals surface area contributed by atoms with Gasteiger partial charge in [0.2, 0.25) is 0 Å². The van der Waals surface area contributed by atoms with Crippen LogP contribution in [0.4, 0.5) is 0 Å². The Kier molecular flexibility index (Phi) is 3.67. The number of hydrogen-bond acceptors (Lipinski definition) is 1. The van der Waals surface area contributed by atoms with E-state index in [2.05, 4.69) is 38.1 Å². The molecule has 0 saturated carbocycles. The average molecular weight is 204 g/mol. The zero-order valence-corrected chi connectivity index (χ0v) is 10.1. The third-order valence-electron chi connectivity index (χ3n) is 3.31. The Labute approximate surface area is 92.5 Å². The van der Waals surface area contributed by atoms with E-state index >= 15 is 0 Å². The van der Waals surface area contributed by atoms with Crippen LogP contribution in [-0.4, -0.2) is 6.29 Å². The smallest absolute Gasteiger partial charge is 0.126 e. The van der Waals surface area contributed by atoms with E-state index in [0.29, 0.717) is 0 Å². The third-order valence-corrected chi connectivity index (χ3v) is 3.31. The molecule has 1 unspecified atom stereocenters. The van der Waals surface area contributed by atoms with Crippen molar-refractivity contribution >= 4 is 6.29 Å². The molecular formula is C14H20O. The van der Waals surface area contributed by atoms with Gasteiger partial charge in [0.15, 0.2) is 0 Å². The molecule has 1 heteroatoms. The van der Waals surface area contributed by atoms with Crippen LogP contribution in [0.1, 0.15) is 44.7 Å². The standard InChI is InChI=1S/C14H20O/c1-5-12-6-8-13(9-7-12)11(2)14(3,4)10-15/h6-11H,5H2,1-4H3. The minimum atomic E-state index is -0.284. The summed E-state index contributed by atoms with van der Waals surface area (Å²) in [6, 6.07) is 8.56. The summed E-state index contributed by atoms with van der Waals surface area (Å²) in [6.07, 6.45) is 2.11. The molecule has 1 nitrogen and oxygen atoms in total. The zero-order valence-electron chi connectivity index (χ0n) is 10.1. The Morgan fingerprint density at radius 1 is 1.27 bits per heavy atom. The molecule has 1 aromatic rings. The van der Waals surface area contributed by atoms with E-state index in [0.717, 1.165) is 12.7 Å². The SMILES string of the molecule is CCc1ccc(C(C)C(C)(C)C=O)cc1. The maximum atomic E-state index is 11.0. The van der Waals surface area contributed by atoms with E-state index in [9.17, 15) is 4.79 Å². The minimum absolute atomic E-state index is 0.265. The molecule has 0 radical (unpaired) electrons. The molecule has 0 aliphatic carbocycles. The van der Waals surface area contributed by atoms with Crippen molar-refractivity contribution in [3.8, 4) is 0 Å². The Morgan fingerprint density at radius 2 is 1.80 bits per heavy atom. The molecule has 0 aliphatic heterocycles. The highest BCUT2D eigenvalue weighted by Crippen LogP contribution is 2.33. The average Bonchev–Trinajstić information content (AvgIpc) is 2.28. The van der Waals surface area contributed by atoms with Crippen LogP contribution >= 0.6 is 0 Å².